The van der Waals surface area contributed by atoms with E-state index < -0.39 is 5.72 Å². The molecule has 162 valence electrons. The maximum Gasteiger partial charge on any atom is 0.256 e. The zero-order valence-electron chi connectivity index (χ0n) is 18.2. The van der Waals surface area contributed by atoms with Crippen LogP contribution in [-0.4, -0.2) is 51.5 Å². The number of fused-ring (bicyclic) bond motifs is 1. The van der Waals surface area contributed by atoms with Gasteiger partial charge in [-0.25, -0.2) is 0 Å². The zero-order valence-corrected chi connectivity index (χ0v) is 18.2. The summed E-state index contributed by atoms with van der Waals surface area (Å²) in [5.74, 6) is -0.00970. The van der Waals surface area contributed by atoms with Crippen molar-refractivity contribution in [3.8, 4) is 0 Å². The normalized spacial score (nSPS) is 26.6. The Morgan fingerprint density at radius 2 is 1.94 bits per heavy atom. The van der Waals surface area contributed by atoms with Gasteiger partial charge in [-0.1, -0.05) is 48.5 Å². The first-order valence-electron chi connectivity index (χ1n) is 11.2. The SMILES string of the molecule is Cc1nc2c(C)cccc2cc1C(=O)N1CC[C@@]23OC[C@@H](c4ccccc4)N2C(=O)C[C@@H]13. The molecule has 2 amide bonds. The molecule has 0 radical (unpaired) electrons. The van der Waals surface area contributed by atoms with Crippen molar-refractivity contribution in [3.63, 3.8) is 0 Å². The van der Waals surface area contributed by atoms with Gasteiger partial charge in [-0.3, -0.25) is 14.6 Å². The second-order valence-corrected chi connectivity index (χ2v) is 9.08. The lowest BCUT2D eigenvalue weighted by atomic mass is 10.0. The minimum atomic E-state index is -0.720. The van der Waals surface area contributed by atoms with Gasteiger partial charge in [-0.15, -0.1) is 0 Å². The third kappa shape index (κ3) is 2.59. The van der Waals surface area contributed by atoms with Gasteiger partial charge in [0.1, 0.15) is 0 Å². The second kappa shape index (κ2) is 6.87. The standard InChI is InChI=1S/C26H25N3O3/c1-16-7-6-10-19-13-20(17(2)27-24(16)19)25(31)28-12-11-26-22(28)14-23(30)29(26)21(15-32-26)18-8-4-3-5-9-18/h3-10,13,21-22H,11-12,14-15H2,1-2H3/t21-,22+,26-/m0/s1. The molecule has 1 spiro atoms. The van der Waals surface area contributed by atoms with Crippen molar-refractivity contribution < 1.29 is 14.3 Å². The van der Waals surface area contributed by atoms with Crippen molar-refractivity contribution in [1.29, 1.82) is 0 Å². The molecule has 32 heavy (non-hydrogen) atoms. The van der Waals surface area contributed by atoms with Gasteiger partial charge >= 0.3 is 0 Å². The summed E-state index contributed by atoms with van der Waals surface area (Å²) in [4.78, 5) is 35.3. The van der Waals surface area contributed by atoms with Crippen LogP contribution in [-0.2, 0) is 9.53 Å². The largest absolute Gasteiger partial charge is 0.351 e. The van der Waals surface area contributed by atoms with E-state index in [1.165, 1.54) is 0 Å². The number of pyridine rings is 1. The molecule has 6 heteroatoms. The van der Waals surface area contributed by atoms with E-state index in [0.717, 1.165) is 22.0 Å². The fourth-order valence-electron chi connectivity index (χ4n) is 5.82. The summed E-state index contributed by atoms with van der Waals surface area (Å²) < 4.78 is 6.35. The van der Waals surface area contributed by atoms with Crippen LogP contribution in [0.25, 0.3) is 10.9 Å². The predicted octanol–water partition coefficient (Wildman–Crippen LogP) is 3.77. The number of rotatable bonds is 2. The van der Waals surface area contributed by atoms with Crippen LogP contribution in [0.2, 0.25) is 0 Å². The fourth-order valence-corrected chi connectivity index (χ4v) is 5.82. The third-order valence-corrected chi connectivity index (χ3v) is 7.37. The highest BCUT2D eigenvalue weighted by Gasteiger charge is 2.65. The molecule has 3 saturated heterocycles. The molecule has 1 aromatic heterocycles. The van der Waals surface area contributed by atoms with Crippen molar-refractivity contribution in [2.24, 2.45) is 0 Å². The average molecular weight is 428 g/mol. The maximum atomic E-state index is 13.7. The second-order valence-electron chi connectivity index (χ2n) is 9.08. The number of carbonyl (C=O) groups excluding carboxylic acids is 2. The molecule has 0 saturated carbocycles. The van der Waals surface area contributed by atoms with Gasteiger partial charge in [-0.2, -0.15) is 0 Å². The van der Waals surface area contributed by atoms with Gasteiger partial charge in [0.2, 0.25) is 5.91 Å². The lowest BCUT2D eigenvalue weighted by Gasteiger charge is -2.33. The maximum absolute atomic E-state index is 13.7. The first-order valence-corrected chi connectivity index (χ1v) is 11.2. The fraction of sp³-hybridized carbons (Fsp3) is 0.346. The Balaban J connectivity index is 1.35. The Morgan fingerprint density at radius 1 is 1.12 bits per heavy atom. The highest BCUT2D eigenvalue weighted by Crippen LogP contribution is 2.51. The molecule has 3 fully saturated rings. The van der Waals surface area contributed by atoms with Crippen molar-refractivity contribution in [1.82, 2.24) is 14.8 Å². The quantitative estimate of drug-likeness (QED) is 0.625. The number of hydrogen-bond donors (Lipinski definition) is 0. The topological polar surface area (TPSA) is 62.7 Å². The van der Waals surface area contributed by atoms with Crippen molar-refractivity contribution in [2.45, 2.75) is 44.5 Å². The zero-order chi connectivity index (χ0) is 22.0. The molecule has 3 aromatic rings. The van der Waals surface area contributed by atoms with Crippen molar-refractivity contribution >= 4 is 22.7 Å². The summed E-state index contributed by atoms with van der Waals surface area (Å²) >= 11 is 0. The lowest BCUT2D eigenvalue weighted by molar-refractivity contribution is -0.138. The molecule has 6 rings (SSSR count). The van der Waals surface area contributed by atoms with Crippen molar-refractivity contribution in [3.05, 3.63) is 77.0 Å². The molecule has 3 aliphatic rings. The summed E-state index contributed by atoms with van der Waals surface area (Å²) in [5, 5.41) is 0.957. The van der Waals surface area contributed by atoms with Gasteiger partial charge < -0.3 is 14.5 Å². The molecule has 0 aliphatic carbocycles. The monoisotopic (exact) mass is 427 g/mol. The number of carbonyl (C=O) groups is 2. The van der Waals surface area contributed by atoms with E-state index in [9.17, 15) is 9.59 Å². The van der Waals surface area contributed by atoms with E-state index in [4.69, 9.17) is 9.72 Å². The number of hydrogen-bond acceptors (Lipinski definition) is 4. The van der Waals surface area contributed by atoms with Crippen LogP contribution in [0.3, 0.4) is 0 Å². The summed E-state index contributed by atoms with van der Waals surface area (Å²) in [7, 11) is 0. The average Bonchev–Trinajstić information content (AvgIpc) is 3.43. The lowest BCUT2D eigenvalue weighted by Crippen LogP contribution is -2.49. The molecular formula is C26H25N3O3. The minimum Gasteiger partial charge on any atom is -0.351 e. The Bertz CT molecular complexity index is 1260. The number of aromatic nitrogens is 1. The van der Waals surface area contributed by atoms with Gasteiger partial charge in [0.25, 0.3) is 5.91 Å². The summed E-state index contributed by atoms with van der Waals surface area (Å²) in [6, 6.07) is 17.6. The van der Waals surface area contributed by atoms with Crippen LogP contribution in [0.1, 0.15) is 46.1 Å². The van der Waals surface area contributed by atoms with E-state index in [1.807, 2.05) is 78.2 Å². The number of para-hydroxylation sites is 1. The number of benzene rings is 2. The van der Waals surface area contributed by atoms with Gasteiger partial charge in [0.15, 0.2) is 5.72 Å². The molecule has 0 unspecified atom stereocenters. The Morgan fingerprint density at radius 3 is 2.75 bits per heavy atom. The van der Waals surface area contributed by atoms with E-state index >= 15 is 0 Å². The van der Waals surface area contributed by atoms with E-state index in [1.54, 1.807) is 0 Å². The van der Waals surface area contributed by atoms with Crippen LogP contribution >= 0.6 is 0 Å². The van der Waals surface area contributed by atoms with Crippen LogP contribution in [0.15, 0.2) is 54.6 Å². The molecule has 4 heterocycles. The van der Waals surface area contributed by atoms with Crippen LogP contribution in [0, 0.1) is 13.8 Å². The first kappa shape index (κ1) is 19.4. The van der Waals surface area contributed by atoms with Crippen LogP contribution in [0.5, 0.6) is 0 Å². The Kier molecular flexibility index (Phi) is 4.17. The number of ether oxygens (including phenoxy) is 1. The van der Waals surface area contributed by atoms with Crippen LogP contribution < -0.4 is 0 Å². The molecule has 0 bridgehead atoms. The molecule has 0 N–H and O–H groups in total. The number of amides is 2. The Labute approximate surface area is 186 Å². The number of nitrogens with zero attached hydrogens (tertiary/aromatic N) is 3. The van der Waals surface area contributed by atoms with E-state index in [0.29, 0.717) is 37.3 Å². The molecular weight excluding hydrogens is 402 g/mol. The smallest absolute Gasteiger partial charge is 0.256 e. The van der Waals surface area contributed by atoms with Gasteiger partial charge in [0.05, 0.1) is 41.9 Å². The van der Waals surface area contributed by atoms with Gasteiger partial charge in [0, 0.05) is 18.4 Å². The summed E-state index contributed by atoms with van der Waals surface area (Å²) in [6.07, 6.45) is 0.936. The Hall–Kier alpha value is -3.25. The molecule has 2 aromatic carbocycles. The minimum absolute atomic E-state index is 0.0582. The summed E-state index contributed by atoms with van der Waals surface area (Å²) in [6.45, 7) is 4.94. The highest BCUT2D eigenvalue weighted by molar-refractivity contribution is 6.00. The number of likely N-dealkylation sites (tertiary alicyclic amines) is 1. The van der Waals surface area contributed by atoms with E-state index in [2.05, 4.69) is 0 Å². The van der Waals surface area contributed by atoms with Crippen molar-refractivity contribution in [2.75, 3.05) is 13.2 Å². The predicted molar refractivity (Wildman–Crippen MR) is 120 cm³/mol. The number of aryl methyl sites for hydroxylation is 2. The highest BCUT2D eigenvalue weighted by atomic mass is 16.5. The van der Waals surface area contributed by atoms with Gasteiger partial charge in [-0.05, 0) is 31.0 Å². The molecule has 3 atom stereocenters. The molecule has 6 nitrogen and oxygen atoms in total. The molecule has 3 aliphatic heterocycles. The third-order valence-electron chi connectivity index (χ3n) is 7.37. The van der Waals surface area contributed by atoms with E-state index in [-0.39, 0.29) is 23.9 Å². The van der Waals surface area contributed by atoms with Crippen LogP contribution in [0.4, 0.5) is 0 Å². The first-order chi connectivity index (χ1) is 15.5. The summed E-state index contributed by atoms with van der Waals surface area (Å²) in [5.41, 5.74) is 3.69.